The first kappa shape index (κ1) is 22.6. The van der Waals surface area contributed by atoms with E-state index in [-0.39, 0.29) is 6.54 Å². The van der Waals surface area contributed by atoms with Gasteiger partial charge in [0.15, 0.2) is 0 Å². The molecular weight excluding hydrogens is 418 g/mol. The first-order chi connectivity index (χ1) is 15.6. The van der Waals surface area contributed by atoms with Gasteiger partial charge in [-0.15, -0.1) is 0 Å². The van der Waals surface area contributed by atoms with E-state index in [2.05, 4.69) is 25.0 Å². The predicted octanol–water partition coefficient (Wildman–Crippen LogP) is 2.34. The molecule has 0 radical (unpaired) electrons. The summed E-state index contributed by atoms with van der Waals surface area (Å²) in [5.41, 5.74) is 4.16. The number of carbonyl (C=O) groups is 1. The minimum Gasteiger partial charge on any atom is -0.389 e. The van der Waals surface area contributed by atoms with Crippen LogP contribution in [0, 0.1) is 0 Å². The van der Waals surface area contributed by atoms with Gasteiger partial charge in [-0.25, -0.2) is 0 Å². The van der Waals surface area contributed by atoms with Crippen LogP contribution in [0.3, 0.4) is 0 Å². The maximum Gasteiger partial charge on any atom is 0.280 e. The molecule has 9 nitrogen and oxygen atoms in total. The monoisotopic (exact) mass is 447 g/mol. The molecule has 0 saturated heterocycles. The SMILES string of the molecule is CN(C)Cc1ccc2c(c1)[nH]/c(=N\C(=O)c1ccnc(-c3cnn(C)c3)c1)n2CC(C)(C)O. The number of nitrogens with zero attached hydrogens (tertiary/aromatic N) is 6. The lowest BCUT2D eigenvalue weighted by Crippen LogP contribution is -2.32. The van der Waals surface area contributed by atoms with Crippen molar-refractivity contribution in [3.05, 3.63) is 65.7 Å². The zero-order valence-electron chi connectivity index (χ0n) is 19.6. The summed E-state index contributed by atoms with van der Waals surface area (Å²) < 4.78 is 3.53. The van der Waals surface area contributed by atoms with E-state index in [1.54, 1.807) is 43.1 Å². The van der Waals surface area contributed by atoms with E-state index in [4.69, 9.17) is 0 Å². The molecule has 0 bridgehead atoms. The standard InChI is InChI=1S/C24H29N7O2/c1-24(2,33)15-31-21-7-6-16(13-29(3)4)10-20(21)27-23(31)28-22(32)17-8-9-25-19(11-17)18-12-26-30(5)14-18/h6-12,14,33H,13,15H2,1-5H3,(H,27,28,32). The average molecular weight is 448 g/mol. The van der Waals surface area contributed by atoms with Crippen LogP contribution in [0.5, 0.6) is 0 Å². The number of carbonyl (C=O) groups excluding carboxylic acids is 1. The number of H-pyrrole nitrogens is 1. The third-order valence-corrected chi connectivity index (χ3v) is 5.11. The Labute approximate surface area is 192 Å². The van der Waals surface area contributed by atoms with Crippen molar-refractivity contribution in [3.63, 3.8) is 0 Å². The maximum absolute atomic E-state index is 13.1. The van der Waals surface area contributed by atoms with Crippen LogP contribution in [-0.2, 0) is 20.1 Å². The van der Waals surface area contributed by atoms with Crippen molar-refractivity contribution in [2.45, 2.75) is 32.5 Å². The molecule has 0 fully saturated rings. The number of aromatic nitrogens is 5. The first-order valence-electron chi connectivity index (χ1n) is 10.7. The number of fused-ring (bicyclic) bond motifs is 1. The number of nitrogens with one attached hydrogen (secondary N) is 1. The third kappa shape index (κ3) is 5.27. The van der Waals surface area contributed by atoms with Gasteiger partial charge in [-0.1, -0.05) is 6.07 Å². The molecule has 0 aliphatic rings. The van der Waals surface area contributed by atoms with Crippen LogP contribution < -0.4 is 5.62 Å². The Morgan fingerprint density at radius 3 is 2.70 bits per heavy atom. The Morgan fingerprint density at radius 2 is 2.03 bits per heavy atom. The second kappa shape index (κ2) is 8.76. The van der Waals surface area contributed by atoms with Crippen molar-refractivity contribution in [1.29, 1.82) is 0 Å². The van der Waals surface area contributed by atoms with E-state index >= 15 is 0 Å². The molecule has 0 spiro atoms. The number of rotatable bonds is 6. The van der Waals surface area contributed by atoms with Gasteiger partial charge in [-0.2, -0.15) is 10.1 Å². The predicted molar refractivity (Wildman–Crippen MR) is 126 cm³/mol. The Morgan fingerprint density at radius 1 is 1.24 bits per heavy atom. The summed E-state index contributed by atoms with van der Waals surface area (Å²) in [7, 11) is 5.86. The van der Waals surface area contributed by atoms with Crippen LogP contribution in [0.25, 0.3) is 22.3 Å². The zero-order chi connectivity index (χ0) is 23.8. The summed E-state index contributed by atoms with van der Waals surface area (Å²) in [6.45, 7) is 4.53. The third-order valence-electron chi connectivity index (χ3n) is 5.11. The van der Waals surface area contributed by atoms with Crippen molar-refractivity contribution in [1.82, 2.24) is 29.2 Å². The Hall–Kier alpha value is -3.56. The summed E-state index contributed by atoms with van der Waals surface area (Å²) in [5.74, 6) is -0.396. The zero-order valence-corrected chi connectivity index (χ0v) is 19.6. The van der Waals surface area contributed by atoms with Crippen LogP contribution in [0.2, 0.25) is 0 Å². The molecule has 0 atom stereocenters. The van der Waals surface area contributed by atoms with Crippen molar-refractivity contribution in [3.8, 4) is 11.3 Å². The Kier molecular flexibility index (Phi) is 6.01. The van der Waals surface area contributed by atoms with Crippen LogP contribution in [0.15, 0.2) is 53.9 Å². The number of aliphatic hydroxyl groups is 1. The number of amides is 1. The van der Waals surface area contributed by atoms with E-state index < -0.39 is 11.5 Å². The minimum atomic E-state index is -0.987. The molecule has 172 valence electrons. The highest BCUT2D eigenvalue weighted by Gasteiger charge is 2.18. The van der Waals surface area contributed by atoms with Crippen molar-refractivity contribution >= 4 is 16.9 Å². The summed E-state index contributed by atoms with van der Waals surface area (Å²) >= 11 is 0. The van der Waals surface area contributed by atoms with Gasteiger partial charge in [0.1, 0.15) is 0 Å². The number of aromatic amines is 1. The second-order valence-electron chi connectivity index (χ2n) is 9.19. The highest BCUT2D eigenvalue weighted by Crippen LogP contribution is 2.18. The topological polar surface area (TPSA) is 104 Å². The van der Waals surface area contributed by atoms with E-state index in [9.17, 15) is 9.90 Å². The number of benzene rings is 1. The van der Waals surface area contributed by atoms with E-state index in [0.717, 1.165) is 28.7 Å². The molecule has 3 aromatic heterocycles. The average Bonchev–Trinajstić information content (AvgIpc) is 3.30. The fraction of sp³-hybridized carbons (Fsp3) is 0.333. The largest absolute Gasteiger partial charge is 0.389 e. The molecule has 1 aromatic carbocycles. The van der Waals surface area contributed by atoms with Gasteiger partial charge < -0.3 is 19.6 Å². The van der Waals surface area contributed by atoms with Gasteiger partial charge in [0, 0.05) is 37.1 Å². The van der Waals surface area contributed by atoms with Crippen LogP contribution in [-0.4, -0.2) is 59.9 Å². The normalized spacial score (nSPS) is 12.8. The fourth-order valence-electron chi connectivity index (χ4n) is 3.76. The molecule has 9 heteroatoms. The lowest BCUT2D eigenvalue weighted by molar-refractivity contribution is 0.0612. The lowest BCUT2D eigenvalue weighted by Gasteiger charge is -2.18. The number of imidazole rings is 1. The van der Waals surface area contributed by atoms with Gasteiger partial charge in [-0.3, -0.25) is 14.5 Å². The molecule has 0 aliphatic heterocycles. The Balaban J connectivity index is 1.78. The summed E-state index contributed by atoms with van der Waals surface area (Å²) in [5, 5.41) is 14.6. The molecule has 3 heterocycles. The summed E-state index contributed by atoms with van der Waals surface area (Å²) in [4.78, 5) is 27.2. The molecule has 4 aromatic rings. The molecule has 2 N–H and O–H groups in total. The smallest absolute Gasteiger partial charge is 0.280 e. The highest BCUT2D eigenvalue weighted by molar-refractivity contribution is 5.95. The minimum absolute atomic E-state index is 0.281. The highest BCUT2D eigenvalue weighted by atomic mass is 16.3. The van der Waals surface area contributed by atoms with Crippen molar-refractivity contribution in [2.75, 3.05) is 14.1 Å². The van der Waals surface area contributed by atoms with E-state index in [1.807, 2.05) is 50.1 Å². The van der Waals surface area contributed by atoms with E-state index in [0.29, 0.717) is 16.9 Å². The number of pyridine rings is 1. The van der Waals surface area contributed by atoms with Gasteiger partial charge >= 0.3 is 0 Å². The number of hydrogen-bond acceptors (Lipinski definition) is 5. The van der Waals surface area contributed by atoms with Crippen LogP contribution >= 0.6 is 0 Å². The quantitative estimate of drug-likeness (QED) is 0.472. The van der Waals surface area contributed by atoms with Crippen molar-refractivity contribution < 1.29 is 9.90 Å². The molecule has 0 unspecified atom stereocenters. The maximum atomic E-state index is 13.1. The molecular formula is C24H29N7O2. The molecule has 0 aliphatic carbocycles. The van der Waals surface area contributed by atoms with Gasteiger partial charge in [0.05, 0.1) is 35.1 Å². The van der Waals surface area contributed by atoms with Crippen LogP contribution in [0.4, 0.5) is 0 Å². The van der Waals surface area contributed by atoms with E-state index in [1.165, 1.54) is 0 Å². The van der Waals surface area contributed by atoms with Gasteiger partial charge in [0.25, 0.3) is 5.91 Å². The fourth-order valence-corrected chi connectivity index (χ4v) is 3.76. The number of hydrogen-bond donors (Lipinski definition) is 2. The Bertz CT molecular complexity index is 1370. The van der Waals surface area contributed by atoms with Gasteiger partial charge in [0.2, 0.25) is 5.62 Å². The molecule has 33 heavy (non-hydrogen) atoms. The van der Waals surface area contributed by atoms with Gasteiger partial charge in [-0.05, 0) is 57.8 Å². The second-order valence-corrected chi connectivity index (χ2v) is 9.19. The number of aryl methyl sites for hydroxylation is 1. The summed E-state index contributed by atoms with van der Waals surface area (Å²) in [6.07, 6.45) is 5.14. The molecule has 0 saturated carbocycles. The van der Waals surface area contributed by atoms with Crippen LogP contribution in [0.1, 0.15) is 29.8 Å². The molecule has 1 amide bonds. The lowest BCUT2D eigenvalue weighted by atomic mass is 10.1. The van der Waals surface area contributed by atoms with Crippen molar-refractivity contribution in [2.24, 2.45) is 12.0 Å². The summed E-state index contributed by atoms with van der Waals surface area (Å²) in [6, 6.07) is 9.44. The first-order valence-corrected chi connectivity index (χ1v) is 10.7. The molecule has 4 rings (SSSR count).